The highest BCUT2D eigenvalue weighted by molar-refractivity contribution is 5.83. The second-order valence-electron chi connectivity index (χ2n) is 6.64. The van der Waals surface area contributed by atoms with Crippen LogP contribution in [0.2, 0.25) is 0 Å². The lowest BCUT2D eigenvalue weighted by atomic mass is 9.72. The Morgan fingerprint density at radius 2 is 1.41 bits per heavy atom. The number of halogens is 3. The number of hydrogen-bond acceptors (Lipinski definition) is 3. The summed E-state index contributed by atoms with van der Waals surface area (Å²) in [7, 11) is 0. The van der Waals surface area contributed by atoms with E-state index in [4.69, 9.17) is 5.11 Å². The van der Waals surface area contributed by atoms with Gasteiger partial charge in [0.05, 0.1) is 11.8 Å². The highest BCUT2D eigenvalue weighted by Gasteiger charge is 2.47. The third-order valence-electron chi connectivity index (χ3n) is 3.27. The zero-order valence-corrected chi connectivity index (χ0v) is 13.7. The van der Waals surface area contributed by atoms with Gasteiger partial charge < -0.3 is 9.84 Å². The van der Waals surface area contributed by atoms with Crippen molar-refractivity contribution in [2.45, 2.75) is 66.2 Å². The summed E-state index contributed by atoms with van der Waals surface area (Å²) in [6.45, 7) is 7.90. The number of aliphatic carboxylic acids is 1. The third-order valence-corrected chi connectivity index (χ3v) is 3.27. The smallest absolute Gasteiger partial charge is 0.425 e. The molecule has 0 bridgehead atoms. The molecule has 7 heteroatoms. The molecule has 0 spiro atoms. The second kappa shape index (κ2) is 7.83. The predicted molar refractivity (Wildman–Crippen MR) is 75.2 cm³/mol. The van der Waals surface area contributed by atoms with Crippen LogP contribution < -0.4 is 0 Å². The van der Waals surface area contributed by atoms with E-state index in [-0.39, 0.29) is 24.7 Å². The molecule has 130 valence electrons. The van der Waals surface area contributed by atoms with Crippen molar-refractivity contribution in [1.29, 1.82) is 0 Å². The van der Waals surface area contributed by atoms with Crippen molar-refractivity contribution in [3.63, 3.8) is 0 Å². The number of carboxylic acid groups (broad SMARTS) is 1. The van der Waals surface area contributed by atoms with Gasteiger partial charge in [-0.15, -0.1) is 0 Å². The summed E-state index contributed by atoms with van der Waals surface area (Å²) in [5, 5.41) is 9.09. The Labute approximate surface area is 129 Å². The van der Waals surface area contributed by atoms with Crippen LogP contribution in [0.4, 0.5) is 13.2 Å². The maximum atomic E-state index is 12.6. The van der Waals surface area contributed by atoms with E-state index < -0.39 is 36.1 Å². The van der Waals surface area contributed by atoms with Crippen LogP contribution in [-0.2, 0) is 14.3 Å². The van der Waals surface area contributed by atoms with Crippen LogP contribution in [0.15, 0.2) is 0 Å². The first-order valence-corrected chi connectivity index (χ1v) is 7.29. The molecule has 1 unspecified atom stereocenters. The Bertz CT molecular complexity index is 379. The van der Waals surface area contributed by atoms with E-state index in [0.29, 0.717) is 0 Å². The van der Waals surface area contributed by atoms with Gasteiger partial charge in [0, 0.05) is 0 Å². The molecule has 0 rings (SSSR count). The minimum Gasteiger partial charge on any atom is -0.481 e. The van der Waals surface area contributed by atoms with Gasteiger partial charge in [0.25, 0.3) is 0 Å². The maximum absolute atomic E-state index is 12.6. The topological polar surface area (TPSA) is 63.6 Å². The summed E-state index contributed by atoms with van der Waals surface area (Å²) >= 11 is 0. The van der Waals surface area contributed by atoms with Crippen LogP contribution in [-0.4, -0.2) is 29.3 Å². The van der Waals surface area contributed by atoms with E-state index in [9.17, 15) is 22.8 Å². The Morgan fingerprint density at radius 1 is 1.00 bits per heavy atom. The summed E-state index contributed by atoms with van der Waals surface area (Å²) in [6.07, 6.45) is -7.12. The number of carboxylic acids is 1. The maximum Gasteiger partial charge on any atom is 0.425 e. The van der Waals surface area contributed by atoms with Crippen molar-refractivity contribution in [3.8, 4) is 0 Å². The lowest BCUT2D eigenvalue weighted by Crippen LogP contribution is -2.42. The van der Waals surface area contributed by atoms with E-state index in [1.165, 1.54) is 0 Å². The van der Waals surface area contributed by atoms with Gasteiger partial charge in [-0.1, -0.05) is 27.7 Å². The fourth-order valence-electron chi connectivity index (χ4n) is 2.67. The molecule has 0 saturated carbocycles. The Hall–Kier alpha value is -1.27. The molecule has 0 aromatic carbocycles. The van der Waals surface area contributed by atoms with Gasteiger partial charge in [-0.3, -0.25) is 9.59 Å². The molecule has 0 amide bonds. The average Bonchev–Trinajstić information content (AvgIpc) is 2.23. The molecule has 0 aliphatic rings. The Balaban J connectivity index is 5.49. The monoisotopic (exact) mass is 326 g/mol. The van der Waals surface area contributed by atoms with Gasteiger partial charge in [-0.05, 0) is 31.6 Å². The molecule has 0 aromatic heterocycles. The summed E-state index contributed by atoms with van der Waals surface area (Å²) in [5.74, 6) is -2.40. The van der Waals surface area contributed by atoms with Crippen molar-refractivity contribution in [3.05, 3.63) is 0 Å². The Morgan fingerprint density at radius 3 is 1.68 bits per heavy atom. The molecule has 0 aromatic rings. The molecule has 0 fully saturated rings. The first-order valence-electron chi connectivity index (χ1n) is 7.29. The van der Waals surface area contributed by atoms with Crippen molar-refractivity contribution >= 4 is 11.9 Å². The Kier molecular flexibility index (Phi) is 7.38. The number of hydrogen-bond donors (Lipinski definition) is 1. The normalized spacial score (nSPS) is 14.3. The molecule has 1 N–H and O–H groups in total. The first kappa shape index (κ1) is 20.7. The van der Waals surface area contributed by atoms with Crippen molar-refractivity contribution < 1.29 is 32.6 Å². The van der Waals surface area contributed by atoms with Crippen LogP contribution in [0.5, 0.6) is 0 Å². The third kappa shape index (κ3) is 6.66. The zero-order valence-electron chi connectivity index (χ0n) is 13.7. The lowest BCUT2D eigenvalue weighted by molar-refractivity contribution is -0.223. The summed E-state index contributed by atoms with van der Waals surface area (Å²) < 4.78 is 42.3. The quantitative estimate of drug-likeness (QED) is 0.684. The first-order chi connectivity index (χ1) is 9.80. The molecule has 0 aliphatic heterocycles. The molecule has 1 atom stereocenters. The van der Waals surface area contributed by atoms with E-state index in [2.05, 4.69) is 4.74 Å². The second-order valence-corrected chi connectivity index (χ2v) is 6.64. The standard InChI is InChI=1S/C15H25F3O4/c1-9(2)6-14(7-10(3)4,8-12(19)20)13(21)22-11(5)15(16,17)18/h9-11H,6-8H2,1-5H3,(H,19,20). The SMILES string of the molecule is CC(C)CC(CC(=O)O)(CC(C)C)C(=O)OC(C)C(F)(F)F. The minimum absolute atomic E-state index is 0.0492. The van der Waals surface area contributed by atoms with Gasteiger partial charge in [-0.2, -0.15) is 13.2 Å². The number of ether oxygens (including phenoxy) is 1. The van der Waals surface area contributed by atoms with E-state index >= 15 is 0 Å². The highest BCUT2D eigenvalue weighted by atomic mass is 19.4. The molecule has 0 heterocycles. The van der Waals surface area contributed by atoms with Gasteiger partial charge in [0.15, 0.2) is 6.10 Å². The van der Waals surface area contributed by atoms with Gasteiger partial charge in [0.2, 0.25) is 0 Å². The molecular weight excluding hydrogens is 301 g/mol. The predicted octanol–water partition coefficient (Wildman–Crippen LogP) is 4.03. The van der Waals surface area contributed by atoms with Gasteiger partial charge >= 0.3 is 18.1 Å². The largest absolute Gasteiger partial charge is 0.481 e. The molecular formula is C15H25F3O4. The number of esters is 1. The fraction of sp³-hybridized carbons (Fsp3) is 0.867. The fourth-order valence-corrected chi connectivity index (χ4v) is 2.67. The summed E-state index contributed by atoms with van der Waals surface area (Å²) in [6, 6.07) is 0. The summed E-state index contributed by atoms with van der Waals surface area (Å²) in [4.78, 5) is 23.5. The van der Waals surface area contributed by atoms with Crippen molar-refractivity contribution in [1.82, 2.24) is 0 Å². The molecule has 4 nitrogen and oxygen atoms in total. The van der Waals surface area contributed by atoms with Crippen LogP contribution in [0.25, 0.3) is 0 Å². The van der Waals surface area contributed by atoms with Crippen LogP contribution >= 0.6 is 0 Å². The molecule has 0 saturated heterocycles. The average molecular weight is 326 g/mol. The highest BCUT2D eigenvalue weighted by Crippen LogP contribution is 2.40. The number of alkyl halides is 3. The van der Waals surface area contributed by atoms with Gasteiger partial charge in [-0.25, -0.2) is 0 Å². The van der Waals surface area contributed by atoms with E-state index in [0.717, 1.165) is 6.92 Å². The number of rotatable bonds is 8. The van der Waals surface area contributed by atoms with E-state index in [1.807, 2.05) is 0 Å². The number of carbonyl (C=O) groups is 2. The van der Waals surface area contributed by atoms with Gasteiger partial charge in [0.1, 0.15) is 0 Å². The van der Waals surface area contributed by atoms with Crippen LogP contribution in [0, 0.1) is 17.3 Å². The van der Waals surface area contributed by atoms with Crippen molar-refractivity contribution in [2.24, 2.45) is 17.3 Å². The van der Waals surface area contributed by atoms with Crippen LogP contribution in [0.1, 0.15) is 53.9 Å². The zero-order chi connectivity index (χ0) is 17.7. The number of carbonyl (C=O) groups excluding carboxylic acids is 1. The molecule has 0 radical (unpaired) electrons. The van der Waals surface area contributed by atoms with Crippen molar-refractivity contribution in [2.75, 3.05) is 0 Å². The molecule has 22 heavy (non-hydrogen) atoms. The molecule has 0 aliphatic carbocycles. The van der Waals surface area contributed by atoms with Crippen LogP contribution in [0.3, 0.4) is 0 Å². The van der Waals surface area contributed by atoms with E-state index in [1.54, 1.807) is 27.7 Å². The summed E-state index contributed by atoms with van der Waals surface area (Å²) in [5.41, 5.74) is -1.44. The lowest BCUT2D eigenvalue weighted by Gasteiger charge is -2.34. The minimum atomic E-state index is -4.67.